The summed E-state index contributed by atoms with van der Waals surface area (Å²) in [5.41, 5.74) is 4.39. The van der Waals surface area contributed by atoms with E-state index >= 15 is 0 Å². The van der Waals surface area contributed by atoms with E-state index in [-0.39, 0.29) is 11.8 Å². The van der Waals surface area contributed by atoms with E-state index in [1.54, 1.807) is 6.33 Å². The number of piperidine rings is 1. The molecular formula is C24H26N4O. The van der Waals surface area contributed by atoms with Gasteiger partial charge in [-0.15, -0.1) is 0 Å². The molecule has 0 saturated carbocycles. The Morgan fingerprint density at radius 1 is 1.03 bits per heavy atom. The van der Waals surface area contributed by atoms with Crippen LogP contribution in [0.15, 0.2) is 67.0 Å². The highest BCUT2D eigenvalue weighted by Gasteiger charge is 2.25. The van der Waals surface area contributed by atoms with Crippen molar-refractivity contribution in [2.45, 2.75) is 26.3 Å². The van der Waals surface area contributed by atoms with Crippen molar-refractivity contribution in [3.8, 4) is 11.3 Å². The summed E-state index contributed by atoms with van der Waals surface area (Å²) in [5, 5.41) is 3.11. The molecule has 2 heterocycles. The minimum Gasteiger partial charge on any atom is -0.356 e. The Kier molecular flexibility index (Phi) is 5.84. The third-order valence-corrected chi connectivity index (χ3v) is 5.63. The van der Waals surface area contributed by atoms with Gasteiger partial charge in [0, 0.05) is 37.2 Å². The second-order valence-electron chi connectivity index (χ2n) is 7.53. The number of aromatic nitrogens is 2. The van der Waals surface area contributed by atoms with E-state index in [4.69, 9.17) is 0 Å². The lowest BCUT2D eigenvalue weighted by Crippen LogP contribution is -2.40. The number of rotatable bonds is 5. The SMILES string of the molecule is Cc1ccccc1CNC(=O)C1CCN(c2cc(-c3ccccc3)ncn2)CC1. The zero-order chi connectivity index (χ0) is 20.1. The van der Waals surface area contributed by atoms with Crippen molar-refractivity contribution in [1.29, 1.82) is 0 Å². The molecule has 148 valence electrons. The first kappa shape index (κ1) is 19.1. The predicted molar refractivity (Wildman–Crippen MR) is 115 cm³/mol. The first-order valence-corrected chi connectivity index (χ1v) is 10.2. The number of hydrogen-bond acceptors (Lipinski definition) is 4. The van der Waals surface area contributed by atoms with Gasteiger partial charge < -0.3 is 10.2 Å². The lowest BCUT2D eigenvalue weighted by molar-refractivity contribution is -0.125. The van der Waals surface area contributed by atoms with Gasteiger partial charge >= 0.3 is 0 Å². The first-order valence-electron chi connectivity index (χ1n) is 10.2. The summed E-state index contributed by atoms with van der Waals surface area (Å²) >= 11 is 0. The number of nitrogens with one attached hydrogen (secondary N) is 1. The van der Waals surface area contributed by atoms with E-state index in [0.717, 1.165) is 43.0 Å². The van der Waals surface area contributed by atoms with Crippen molar-refractivity contribution >= 4 is 11.7 Å². The van der Waals surface area contributed by atoms with Gasteiger partial charge in [-0.25, -0.2) is 9.97 Å². The van der Waals surface area contributed by atoms with Crippen LogP contribution in [-0.2, 0) is 11.3 Å². The third kappa shape index (κ3) is 4.62. The highest BCUT2D eigenvalue weighted by molar-refractivity contribution is 5.79. The Labute approximate surface area is 171 Å². The van der Waals surface area contributed by atoms with Crippen molar-refractivity contribution in [1.82, 2.24) is 15.3 Å². The first-order chi connectivity index (χ1) is 14.2. The average Bonchev–Trinajstić information content (AvgIpc) is 2.79. The summed E-state index contributed by atoms with van der Waals surface area (Å²) in [6, 6.07) is 20.3. The molecule has 1 aliphatic rings. The van der Waals surface area contributed by atoms with Crippen LogP contribution in [0.2, 0.25) is 0 Å². The van der Waals surface area contributed by atoms with Crippen LogP contribution in [0, 0.1) is 12.8 Å². The summed E-state index contributed by atoms with van der Waals surface area (Å²) in [7, 11) is 0. The molecular weight excluding hydrogens is 360 g/mol. The van der Waals surface area contributed by atoms with Crippen molar-refractivity contribution in [3.05, 3.63) is 78.1 Å². The van der Waals surface area contributed by atoms with E-state index in [1.807, 2.05) is 36.4 Å². The summed E-state index contributed by atoms with van der Waals surface area (Å²) in [4.78, 5) is 23.7. The summed E-state index contributed by atoms with van der Waals surface area (Å²) in [6.07, 6.45) is 3.30. The number of nitrogens with zero attached hydrogens (tertiary/aromatic N) is 3. The Hall–Kier alpha value is -3.21. The van der Waals surface area contributed by atoms with Crippen molar-refractivity contribution < 1.29 is 4.79 Å². The van der Waals surface area contributed by atoms with Gasteiger partial charge in [-0.3, -0.25) is 4.79 Å². The molecule has 1 aliphatic heterocycles. The zero-order valence-corrected chi connectivity index (χ0v) is 16.7. The second kappa shape index (κ2) is 8.86. The number of carbonyl (C=O) groups excluding carboxylic acids is 1. The molecule has 1 amide bonds. The molecule has 0 spiro atoms. The van der Waals surface area contributed by atoms with Crippen LogP contribution in [0.25, 0.3) is 11.3 Å². The van der Waals surface area contributed by atoms with E-state index in [0.29, 0.717) is 6.54 Å². The molecule has 5 heteroatoms. The molecule has 0 unspecified atom stereocenters. The normalized spacial score (nSPS) is 14.6. The van der Waals surface area contributed by atoms with Gasteiger partial charge in [0.2, 0.25) is 5.91 Å². The summed E-state index contributed by atoms with van der Waals surface area (Å²) in [5.74, 6) is 1.14. The molecule has 0 aliphatic carbocycles. The molecule has 2 aromatic carbocycles. The van der Waals surface area contributed by atoms with Crippen LogP contribution in [0.5, 0.6) is 0 Å². The largest absolute Gasteiger partial charge is 0.356 e. The van der Waals surface area contributed by atoms with Crippen molar-refractivity contribution in [2.24, 2.45) is 5.92 Å². The van der Waals surface area contributed by atoms with Gasteiger partial charge in [0.15, 0.2) is 0 Å². The number of anilines is 1. The summed E-state index contributed by atoms with van der Waals surface area (Å²) < 4.78 is 0. The molecule has 29 heavy (non-hydrogen) atoms. The van der Waals surface area contributed by atoms with E-state index < -0.39 is 0 Å². The molecule has 5 nitrogen and oxygen atoms in total. The van der Waals surface area contributed by atoms with Gasteiger partial charge in [-0.2, -0.15) is 0 Å². The van der Waals surface area contributed by atoms with E-state index in [9.17, 15) is 4.79 Å². The average molecular weight is 386 g/mol. The van der Waals surface area contributed by atoms with Crippen LogP contribution in [0.3, 0.4) is 0 Å². The molecule has 3 aromatic rings. The zero-order valence-electron chi connectivity index (χ0n) is 16.7. The maximum Gasteiger partial charge on any atom is 0.223 e. The fourth-order valence-corrected chi connectivity index (χ4v) is 3.79. The van der Waals surface area contributed by atoms with Crippen molar-refractivity contribution in [3.63, 3.8) is 0 Å². The Morgan fingerprint density at radius 2 is 1.76 bits per heavy atom. The van der Waals surface area contributed by atoms with Gasteiger partial charge in [-0.05, 0) is 30.9 Å². The van der Waals surface area contributed by atoms with Crippen LogP contribution in [0.4, 0.5) is 5.82 Å². The highest BCUT2D eigenvalue weighted by atomic mass is 16.1. The third-order valence-electron chi connectivity index (χ3n) is 5.63. The van der Waals surface area contributed by atoms with Crippen LogP contribution in [0.1, 0.15) is 24.0 Å². The maximum absolute atomic E-state index is 12.6. The minimum atomic E-state index is 0.0608. The molecule has 4 rings (SSSR count). The van der Waals surface area contributed by atoms with Gasteiger partial charge in [0.25, 0.3) is 0 Å². The van der Waals surface area contributed by atoms with Crippen LogP contribution in [-0.4, -0.2) is 29.0 Å². The topological polar surface area (TPSA) is 58.1 Å². The van der Waals surface area contributed by atoms with Crippen LogP contribution < -0.4 is 10.2 Å². The summed E-state index contributed by atoms with van der Waals surface area (Å²) in [6.45, 7) is 4.32. The fourth-order valence-electron chi connectivity index (χ4n) is 3.79. The van der Waals surface area contributed by atoms with Crippen LogP contribution >= 0.6 is 0 Å². The lowest BCUT2D eigenvalue weighted by atomic mass is 9.95. The number of aryl methyl sites for hydroxylation is 1. The van der Waals surface area contributed by atoms with Gasteiger partial charge in [0.05, 0.1) is 5.69 Å². The Balaban J connectivity index is 1.34. The molecule has 0 radical (unpaired) electrons. The molecule has 1 aromatic heterocycles. The maximum atomic E-state index is 12.6. The second-order valence-corrected chi connectivity index (χ2v) is 7.53. The molecule has 0 bridgehead atoms. The molecule has 0 atom stereocenters. The number of amides is 1. The highest BCUT2D eigenvalue weighted by Crippen LogP contribution is 2.25. The van der Waals surface area contributed by atoms with E-state index in [1.165, 1.54) is 11.1 Å². The fraction of sp³-hybridized carbons (Fsp3) is 0.292. The molecule has 1 N–H and O–H groups in total. The van der Waals surface area contributed by atoms with Gasteiger partial charge in [-0.1, -0.05) is 54.6 Å². The van der Waals surface area contributed by atoms with Crippen molar-refractivity contribution in [2.75, 3.05) is 18.0 Å². The van der Waals surface area contributed by atoms with E-state index in [2.05, 4.69) is 51.4 Å². The quantitative estimate of drug-likeness (QED) is 0.720. The number of hydrogen-bond donors (Lipinski definition) is 1. The Morgan fingerprint density at radius 3 is 2.52 bits per heavy atom. The monoisotopic (exact) mass is 386 g/mol. The minimum absolute atomic E-state index is 0.0608. The Bertz CT molecular complexity index is 965. The molecule has 1 fully saturated rings. The van der Waals surface area contributed by atoms with Gasteiger partial charge in [0.1, 0.15) is 12.1 Å². The number of carbonyl (C=O) groups is 1. The standard InChI is InChI=1S/C24H26N4O/c1-18-7-5-6-10-21(18)16-25-24(29)20-11-13-28(14-12-20)23-15-22(26-17-27-23)19-8-3-2-4-9-19/h2-10,15,17,20H,11-14,16H2,1H3,(H,25,29). The number of benzene rings is 2. The smallest absolute Gasteiger partial charge is 0.223 e. The predicted octanol–water partition coefficient (Wildman–Crippen LogP) is 3.98. The lowest BCUT2D eigenvalue weighted by Gasteiger charge is -2.32. The molecule has 1 saturated heterocycles.